The summed E-state index contributed by atoms with van der Waals surface area (Å²) in [5.74, 6) is -2.34. The second-order valence-electron chi connectivity index (χ2n) is 6.35. The maximum absolute atomic E-state index is 12.4. The number of rotatable bonds is 6. The Balaban J connectivity index is 1.48. The first-order valence-electron chi connectivity index (χ1n) is 9.07. The van der Waals surface area contributed by atoms with E-state index in [1.54, 1.807) is 24.3 Å². The predicted octanol–water partition coefficient (Wildman–Crippen LogP) is 4.21. The number of amides is 1. The Hall–Kier alpha value is -2.23. The average Bonchev–Trinajstić information content (AvgIpc) is 2.71. The zero-order valence-electron chi connectivity index (χ0n) is 15.6. The van der Waals surface area contributed by atoms with E-state index in [1.165, 1.54) is 0 Å². The Labute approximate surface area is 177 Å². The Kier molecular flexibility index (Phi) is 7.79. The van der Waals surface area contributed by atoms with Crippen molar-refractivity contribution in [1.29, 1.82) is 0 Å². The number of carbonyl (C=O) groups is 1. The third-order valence-corrected chi connectivity index (χ3v) is 5.19. The number of ether oxygens (including phenoxy) is 1. The topological polar surface area (TPSA) is 53.6 Å². The van der Waals surface area contributed by atoms with Gasteiger partial charge in [0.15, 0.2) is 5.11 Å². The van der Waals surface area contributed by atoms with Crippen LogP contribution in [0.25, 0.3) is 0 Å². The summed E-state index contributed by atoms with van der Waals surface area (Å²) in [5, 5.41) is 6.46. The number of morpholine rings is 1. The van der Waals surface area contributed by atoms with Crippen LogP contribution in [-0.4, -0.2) is 48.0 Å². The largest absolute Gasteiger partial charge is 0.378 e. The van der Waals surface area contributed by atoms with Gasteiger partial charge < -0.3 is 20.3 Å². The van der Waals surface area contributed by atoms with Crippen molar-refractivity contribution in [3.63, 3.8) is 0 Å². The third-order valence-electron chi connectivity index (χ3n) is 4.27. The fourth-order valence-electron chi connectivity index (χ4n) is 2.82. The maximum Gasteiger partial charge on any atom is 0.288 e. The summed E-state index contributed by atoms with van der Waals surface area (Å²) in [7, 11) is 0. The average molecular weight is 438 g/mol. The number of nitrogens with zero attached hydrogens (tertiary/aromatic N) is 1. The van der Waals surface area contributed by atoms with Crippen molar-refractivity contribution >= 4 is 46.4 Å². The second-order valence-corrected chi connectivity index (χ2v) is 7.82. The zero-order chi connectivity index (χ0) is 20.6. The summed E-state index contributed by atoms with van der Waals surface area (Å²) < 4.78 is 30.0. The summed E-state index contributed by atoms with van der Waals surface area (Å²) in [6, 6.07) is 14.1. The van der Waals surface area contributed by atoms with Gasteiger partial charge in [0.05, 0.1) is 19.6 Å². The zero-order valence-corrected chi connectivity index (χ0v) is 17.2. The van der Waals surface area contributed by atoms with Crippen LogP contribution >= 0.6 is 24.0 Å². The van der Waals surface area contributed by atoms with Gasteiger partial charge in [0, 0.05) is 29.4 Å². The Morgan fingerprint density at radius 2 is 1.59 bits per heavy atom. The second kappa shape index (κ2) is 10.5. The molecule has 29 heavy (non-hydrogen) atoms. The van der Waals surface area contributed by atoms with E-state index in [0.29, 0.717) is 60.2 Å². The molecule has 9 heteroatoms. The van der Waals surface area contributed by atoms with Gasteiger partial charge >= 0.3 is 0 Å². The molecule has 0 atom stereocenters. The quantitative estimate of drug-likeness (QED) is 0.522. The van der Waals surface area contributed by atoms with Crippen LogP contribution in [-0.2, 0) is 16.0 Å². The SMILES string of the molecule is O=C(Cc1ccc(NC(=S)Nc2ccc(SC(F)F)cc2)cc1)N1CCOCC1. The van der Waals surface area contributed by atoms with E-state index in [4.69, 9.17) is 17.0 Å². The number of anilines is 2. The molecule has 5 nitrogen and oxygen atoms in total. The van der Waals surface area contributed by atoms with Gasteiger partial charge in [-0.05, 0) is 54.2 Å². The molecule has 1 aliphatic rings. The van der Waals surface area contributed by atoms with Gasteiger partial charge in [0.1, 0.15) is 0 Å². The molecule has 1 fully saturated rings. The summed E-state index contributed by atoms with van der Waals surface area (Å²) >= 11 is 5.79. The van der Waals surface area contributed by atoms with Crippen LogP contribution in [0.3, 0.4) is 0 Å². The van der Waals surface area contributed by atoms with Crippen molar-refractivity contribution in [2.45, 2.75) is 17.1 Å². The lowest BCUT2D eigenvalue weighted by atomic mass is 10.1. The number of nitrogens with one attached hydrogen (secondary N) is 2. The van der Waals surface area contributed by atoms with Gasteiger partial charge in [-0.15, -0.1) is 0 Å². The number of thiocarbonyl (C=S) groups is 1. The van der Waals surface area contributed by atoms with Gasteiger partial charge in [-0.25, -0.2) is 0 Å². The number of halogens is 2. The fraction of sp³-hybridized carbons (Fsp3) is 0.300. The highest BCUT2D eigenvalue weighted by Gasteiger charge is 2.16. The molecule has 1 saturated heterocycles. The van der Waals surface area contributed by atoms with Crippen molar-refractivity contribution in [2.24, 2.45) is 0 Å². The van der Waals surface area contributed by atoms with Crippen molar-refractivity contribution in [2.75, 3.05) is 36.9 Å². The number of hydrogen-bond acceptors (Lipinski definition) is 4. The number of alkyl halides is 2. The highest BCUT2D eigenvalue weighted by atomic mass is 32.2. The van der Waals surface area contributed by atoms with E-state index in [9.17, 15) is 13.6 Å². The van der Waals surface area contributed by atoms with Crippen LogP contribution in [0.2, 0.25) is 0 Å². The first kappa shape index (κ1) is 21.5. The lowest BCUT2D eigenvalue weighted by molar-refractivity contribution is -0.134. The first-order chi connectivity index (χ1) is 14.0. The molecule has 0 aromatic heterocycles. The van der Waals surface area contributed by atoms with Gasteiger partial charge in [0.25, 0.3) is 5.76 Å². The normalized spacial score (nSPS) is 14.0. The molecule has 1 heterocycles. The number of thioether (sulfide) groups is 1. The van der Waals surface area contributed by atoms with Crippen LogP contribution in [0.4, 0.5) is 20.2 Å². The summed E-state index contributed by atoms with van der Waals surface area (Å²) in [5.41, 5.74) is 2.42. The van der Waals surface area contributed by atoms with E-state index in [2.05, 4.69) is 10.6 Å². The first-order valence-corrected chi connectivity index (χ1v) is 10.4. The van der Waals surface area contributed by atoms with Crippen molar-refractivity contribution in [3.8, 4) is 0 Å². The minimum Gasteiger partial charge on any atom is -0.378 e. The van der Waals surface area contributed by atoms with Crippen molar-refractivity contribution in [3.05, 3.63) is 54.1 Å². The Bertz CT molecular complexity index is 827. The van der Waals surface area contributed by atoms with Crippen LogP contribution in [0.5, 0.6) is 0 Å². The van der Waals surface area contributed by atoms with Crippen LogP contribution in [0, 0.1) is 0 Å². The predicted molar refractivity (Wildman–Crippen MR) is 116 cm³/mol. The molecule has 1 aliphatic heterocycles. The van der Waals surface area contributed by atoms with E-state index in [0.717, 1.165) is 11.3 Å². The molecule has 0 unspecified atom stereocenters. The van der Waals surface area contributed by atoms with Crippen LogP contribution < -0.4 is 10.6 Å². The van der Waals surface area contributed by atoms with Crippen LogP contribution in [0.1, 0.15) is 5.56 Å². The molecular formula is C20H21F2N3O2S2. The van der Waals surface area contributed by atoms with Gasteiger partial charge in [0.2, 0.25) is 5.91 Å². The molecule has 3 rings (SSSR count). The summed E-state index contributed by atoms with van der Waals surface area (Å²) in [4.78, 5) is 14.6. The molecule has 0 bridgehead atoms. The Morgan fingerprint density at radius 3 is 2.14 bits per heavy atom. The lowest BCUT2D eigenvalue weighted by Gasteiger charge is -2.26. The minimum absolute atomic E-state index is 0.0969. The molecule has 0 spiro atoms. The molecule has 154 valence electrons. The van der Waals surface area contributed by atoms with E-state index in [1.807, 2.05) is 29.2 Å². The minimum atomic E-state index is -2.44. The summed E-state index contributed by atoms with van der Waals surface area (Å²) in [6.07, 6.45) is 0.353. The molecule has 0 aliphatic carbocycles. The number of hydrogen-bond donors (Lipinski definition) is 2. The van der Waals surface area contributed by atoms with Crippen molar-refractivity contribution < 1.29 is 18.3 Å². The van der Waals surface area contributed by atoms with E-state index in [-0.39, 0.29) is 5.91 Å². The maximum atomic E-state index is 12.4. The number of carbonyl (C=O) groups excluding carboxylic acids is 1. The number of benzene rings is 2. The molecule has 1 amide bonds. The molecule has 0 radical (unpaired) electrons. The molecule has 0 saturated carbocycles. The smallest absolute Gasteiger partial charge is 0.288 e. The summed E-state index contributed by atoms with van der Waals surface area (Å²) in [6.45, 7) is 2.46. The molecular weight excluding hydrogens is 416 g/mol. The van der Waals surface area contributed by atoms with Crippen LogP contribution in [0.15, 0.2) is 53.4 Å². The molecule has 2 aromatic carbocycles. The fourth-order valence-corrected chi connectivity index (χ4v) is 3.55. The van der Waals surface area contributed by atoms with Crippen molar-refractivity contribution in [1.82, 2.24) is 4.90 Å². The van der Waals surface area contributed by atoms with E-state index >= 15 is 0 Å². The molecule has 2 aromatic rings. The highest BCUT2D eigenvalue weighted by molar-refractivity contribution is 7.99. The highest BCUT2D eigenvalue weighted by Crippen LogP contribution is 2.26. The van der Waals surface area contributed by atoms with Gasteiger partial charge in [-0.2, -0.15) is 8.78 Å². The third kappa shape index (κ3) is 6.95. The van der Waals surface area contributed by atoms with E-state index < -0.39 is 5.76 Å². The molecule has 2 N–H and O–H groups in total. The Morgan fingerprint density at radius 1 is 1.03 bits per heavy atom. The lowest BCUT2D eigenvalue weighted by Crippen LogP contribution is -2.41. The standard InChI is InChI=1S/C20H21F2N3O2S2/c21-19(22)29-17-7-5-16(6-8-17)24-20(28)23-15-3-1-14(2-4-15)13-18(26)25-9-11-27-12-10-25/h1-8,19H,9-13H2,(H2,23,24,28). The van der Waals surface area contributed by atoms with Gasteiger partial charge in [-0.1, -0.05) is 23.9 Å². The van der Waals surface area contributed by atoms with Gasteiger partial charge in [-0.3, -0.25) is 4.79 Å². The monoisotopic (exact) mass is 437 g/mol.